The molecule has 1 aliphatic heterocycles. The van der Waals surface area contributed by atoms with E-state index in [-0.39, 0.29) is 42.7 Å². The molecule has 0 saturated carbocycles. The van der Waals surface area contributed by atoms with E-state index >= 15 is 0 Å². The van der Waals surface area contributed by atoms with E-state index < -0.39 is 0 Å². The summed E-state index contributed by atoms with van der Waals surface area (Å²) < 4.78 is 9.20. The number of ether oxygens (including phenoxy) is 1. The number of allylic oxidation sites excluding steroid dienone is 1. The monoisotopic (exact) mass is 1100 g/mol. The molecule has 0 unspecified atom stereocenters. The van der Waals surface area contributed by atoms with Gasteiger partial charge in [-0.05, 0) is 86.1 Å². The van der Waals surface area contributed by atoms with Gasteiger partial charge in [-0.3, -0.25) is 0 Å². The fraction of sp³-hybridized carbons (Fsp3) is 0.219. The van der Waals surface area contributed by atoms with Crippen LogP contribution in [0.5, 0.6) is 11.5 Å². The van der Waals surface area contributed by atoms with E-state index in [1.807, 2.05) is 12.3 Å². The Hall–Kier alpha value is -6.68. The van der Waals surface area contributed by atoms with Gasteiger partial charge in [0.15, 0.2) is 0 Å². The quantitative estimate of drug-likeness (QED) is 0.128. The Labute approximate surface area is 429 Å². The first-order valence-electron chi connectivity index (χ1n) is 24.1. The minimum Gasteiger partial charge on any atom is -0.509 e. The molecule has 2 aromatic heterocycles. The Kier molecular flexibility index (Phi) is 12.8. The first-order valence-corrected chi connectivity index (χ1v) is 24.1. The van der Waals surface area contributed by atoms with Gasteiger partial charge in [0.25, 0.3) is 0 Å². The van der Waals surface area contributed by atoms with Crippen LogP contribution in [-0.2, 0) is 37.3 Å². The molecule has 10 rings (SSSR count). The summed E-state index contributed by atoms with van der Waals surface area (Å²) in [6.45, 7) is 25.0. The van der Waals surface area contributed by atoms with Crippen molar-refractivity contribution in [2.75, 3.05) is 9.80 Å². The second-order valence-electron chi connectivity index (χ2n) is 21.6. The van der Waals surface area contributed by atoms with E-state index in [4.69, 9.17) is 9.72 Å². The fourth-order valence-corrected chi connectivity index (χ4v) is 9.63. The molecule has 1 aliphatic rings. The molecule has 0 radical (unpaired) electrons. The van der Waals surface area contributed by atoms with E-state index in [1.54, 1.807) is 0 Å². The van der Waals surface area contributed by atoms with Crippen molar-refractivity contribution in [1.82, 2.24) is 9.55 Å². The smallest absolute Gasteiger partial charge is 0.135 e. The van der Waals surface area contributed by atoms with E-state index in [1.165, 1.54) is 39.1 Å². The largest absolute Gasteiger partial charge is 0.509 e. The number of aromatic nitrogens is 2. The third-order valence-electron chi connectivity index (χ3n) is 14.0. The first kappa shape index (κ1) is 48.3. The predicted molar refractivity (Wildman–Crippen MR) is 287 cm³/mol. The number of pyridine rings is 1. The third-order valence-corrected chi connectivity index (χ3v) is 14.0. The van der Waals surface area contributed by atoms with Gasteiger partial charge < -0.3 is 19.1 Å². The van der Waals surface area contributed by atoms with Crippen LogP contribution < -0.4 is 14.5 Å². The molecule has 0 N–H and O–H groups in total. The first-order chi connectivity index (χ1) is 32.9. The van der Waals surface area contributed by atoms with Gasteiger partial charge in [-0.15, -0.1) is 53.6 Å². The van der Waals surface area contributed by atoms with Crippen LogP contribution in [-0.4, -0.2) is 9.55 Å². The van der Waals surface area contributed by atoms with E-state index in [2.05, 4.69) is 272 Å². The minimum atomic E-state index is -0.366. The van der Waals surface area contributed by atoms with Gasteiger partial charge in [0.05, 0.1) is 0 Å². The van der Waals surface area contributed by atoms with Crippen molar-refractivity contribution >= 4 is 33.2 Å². The number of anilines is 2. The second-order valence-corrected chi connectivity index (χ2v) is 21.6. The van der Waals surface area contributed by atoms with Gasteiger partial charge in [-0.2, -0.15) is 6.07 Å². The van der Waals surface area contributed by atoms with Crippen molar-refractivity contribution in [3.8, 4) is 28.4 Å². The Bertz CT molecular complexity index is 3360. The van der Waals surface area contributed by atoms with E-state index in [9.17, 15) is 0 Å². The van der Waals surface area contributed by atoms with Crippen molar-refractivity contribution in [2.45, 2.75) is 85.5 Å². The van der Waals surface area contributed by atoms with Crippen LogP contribution >= 0.6 is 0 Å². The summed E-state index contributed by atoms with van der Waals surface area (Å²) in [6, 6.07) is 68.0. The average Bonchev–Trinajstić information content (AvgIpc) is 3.96. The zero-order chi connectivity index (χ0) is 48.3. The Morgan fingerprint density at radius 1 is 0.500 bits per heavy atom. The predicted octanol–water partition coefficient (Wildman–Crippen LogP) is 16.5. The van der Waals surface area contributed by atoms with Crippen molar-refractivity contribution in [1.29, 1.82) is 0 Å². The summed E-state index contributed by atoms with van der Waals surface area (Å²) in [6.07, 6.45) is 4.18. The molecule has 70 heavy (non-hydrogen) atoms. The molecule has 9 aromatic rings. The molecule has 6 heteroatoms. The zero-order valence-electron chi connectivity index (χ0n) is 41.9. The molecule has 7 aromatic carbocycles. The molecule has 0 aliphatic carbocycles. The Morgan fingerprint density at radius 2 is 1.13 bits per heavy atom. The van der Waals surface area contributed by atoms with Crippen molar-refractivity contribution < 1.29 is 25.8 Å². The number of nitrogens with zero attached hydrogens (tertiary/aromatic N) is 4. The third kappa shape index (κ3) is 9.25. The van der Waals surface area contributed by atoms with Gasteiger partial charge in [-0.1, -0.05) is 190 Å². The van der Waals surface area contributed by atoms with Gasteiger partial charge in [0.2, 0.25) is 0 Å². The van der Waals surface area contributed by atoms with Crippen LogP contribution in [0.4, 0.5) is 11.4 Å². The normalized spacial score (nSPS) is 13.4. The second kappa shape index (κ2) is 18.6. The number of hydrogen-bond acceptors (Lipinski definition) is 4. The molecule has 0 atom stereocenters. The molecule has 0 amide bonds. The molecule has 356 valence electrons. The summed E-state index contributed by atoms with van der Waals surface area (Å²) in [5.41, 5.74) is 12.7. The molecule has 3 heterocycles. The summed E-state index contributed by atoms with van der Waals surface area (Å²) in [5.74, 6) is 2.03. The maximum atomic E-state index is 6.98. The molecule has 0 fully saturated rings. The van der Waals surface area contributed by atoms with Crippen LogP contribution in [0.2, 0.25) is 0 Å². The van der Waals surface area contributed by atoms with Gasteiger partial charge in [-0.25, -0.2) is 4.98 Å². The molecule has 0 saturated heterocycles. The van der Waals surface area contributed by atoms with Crippen LogP contribution in [0.15, 0.2) is 188 Å². The topological polar surface area (TPSA) is 33.5 Å². The number of fused-ring (bicyclic) bond motifs is 3. The zero-order valence-corrected chi connectivity index (χ0v) is 44.2. The van der Waals surface area contributed by atoms with Crippen LogP contribution in [0.1, 0.15) is 97.1 Å². The molecular formula is C64H61N4OPt-3. The van der Waals surface area contributed by atoms with Crippen molar-refractivity contribution in [3.63, 3.8) is 0 Å². The standard InChI is InChI=1S/C64H61N4O.Pt/c1-61(2,3)49-34-45(44-22-14-11-15-23-44)35-52(36-49)67-43-66(42-59(67)62(4,5)6)51-37-50(64(9,10)47-26-18-13-19-27-47)38-54(40-51)69-53-30-31-56-55-28-20-21-29-57(55)68(58(56)41-53)60-39-48(32-33-65-60)63(7,8)46-24-16-12-17-25-46;/h11-39,42-43H,1-10H3;/q-3;. The summed E-state index contributed by atoms with van der Waals surface area (Å²) in [5, 5.41) is 2.21. The molecule has 5 nitrogen and oxygen atoms in total. The van der Waals surface area contributed by atoms with E-state index in [0.717, 1.165) is 44.6 Å². The van der Waals surface area contributed by atoms with Gasteiger partial charge >= 0.3 is 0 Å². The maximum absolute atomic E-state index is 6.98. The van der Waals surface area contributed by atoms with E-state index in [0.29, 0.717) is 11.5 Å². The average molecular weight is 1100 g/mol. The van der Waals surface area contributed by atoms with Crippen LogP contribution in [0.25, 0.3) is 38.8 Å². The fourth-order valence-electron chi connectivity index (χ4n) is 9.63. The SMILES string of the molecule is CC(C)(C)C1=CN(c2[c-]c(Oc3[c-]c4c(cc3)c3ccccc3n4-c3cc(C(C)(C)c4ccccc4)ccn3)cc(C(C)(C)c3ccccc3)c2)[CH-]N1c1cc(-c2ccccc2)cc(C(C)(C)C)c1.[Pt]. The summed E-state index contributed by atoms with van der Waals surface area (Å²) in [4.78, 5) is 9.56. The number of benzene rings is 7. The number of para-hydroxylation sites is 1. The number of rotatable bonds is 10. The van der Waals surface area contributed by atoms with Gasteiger partial charge in [0.1, 0.15) is 5.82 Å². The number of hydrogen-bond donors (Lipinski definition) is 0. The molecule has 0 spiro atoms. The van der Waals surface area contributed by atoms with Crippen LogP contribution in [0, 0.1) is 24.2 Å². The Balaban J connectivity index is 0.00000608. The molecule has 0 bridgehead atoms. The van der Waals surface area contributed by atoms with Crippen LogP contribution in [0.3, 0.4) is 0 Å². The summed E-state index contributed by atoms with van der Waals surface area (Å²) in [7, 11) is 0. The van der Waals surface area contributed by atoms with Crippen molar-refractivity contribution in [3.05, 3.63) is 235 Å². The summed E-state index contributed by atoms with van der Waals surface area (Å²) >= 11 is 0. The van der Waals surface area contributed by atoms with Crippen molar-refractivity contribution in [2.24, 2.45) is 5.41 Å². The molecular weight excluding hydrogens is 1040 g/mol. The maximum Gasteiger partial charge on any atom is 0.135 e. The van der Waals surface area contributed by atoms with Gasteiger partial charge in [0, 0.05) is 66.5 Å². The Morgan fingerprint density at radius 3 is 1.79 bits per heavy atom. The minimum absolute atomic E-state index is 0.